The van der Waals surface area contributed by atoms with E-state index in [9.17, 15) is 13.2 Å². The number of hydrogen-bond donors (Lipinski definition) is 1. The van der Waals surface area contributed by atoms with Crippen molar-refractivity contribution in [2.24, 2.45) is 0 Å². The molecular weight excluding hydrogens is 218 g/mol. The number of nitrogens with zero attached hydrogens (tertiary/aromatic N) is 2. The first-order valence-corrected chi connectivity index (χ1v) is 6.33. The van der Waals surface area contributed by atoms with Crippen LogP contribution in [0, 0.1) is 0 Å². The van der Waals surface area contributed by atoms with E-state index in [-0.39, 0.29) is 6.54 Å². The number of sulfonamides is 1. The lowest BCUT2D eigenvalue weighted by molar-refractivity contribution is 0.111. The van der Waals surface area contributed by atoms with E-state index in [1.54, 1.807) is 0 Å². The minimum atomic E-state index is -3.20. The van der Waals surface area contributed by atoms with Crippen LogP contribution < -0.4 is 0 Å². The maximum absolute atomic E-state index is 11.3. The molecule has 0 unspecified atom stereocenters. The normalized spacial score (nSPS) is 17.4. The monoisotopic (exact) mass is 229 g/mol. The zero-order valence-corrected chi connectivity index (χ0v) is 9.04. The predicted molar refractivity (Wildman–Crippen MR) is 52.9 cm³/mol. The molecule has 1 aromatic rings. The van der Waals surface area contributed by atoms with Crippen molar-refractivity contribution in [1.29, 1.82) is 0 Å². The lowest BCUT2D eigenvalue weighted by Crippen LogP contribution is -2.35. The van der Waals surface area contributed by atoms with Crippen molar-refractivity contribution in [3.8, 4) is 0 Å². The third-order valence-electron chi connectivity index (χ3n) is 2.51. The van der Waals surface area contributed by atoms with Gasteiger partial charge in [0.2, 0.25) is 10.0 Å². The average molecular weight is 229 g/mol. The van der Waals surface area contributed by atoms with E-state index in [1.807, 2.05) is 0 Å². The highest BCUT2D eigenvalue weighted by molar-refractivity contribution is 7.88. The van der Waals surface area contributed by atoms with Gasteiger partial charge in [0, 0.05) is 30.8 Å². The second-order valence-electron chi connectivity index (χ2n) is 3.53. The number of hydrogen-bond acceptors (Lipinski definition) is 4. The number of aromatic nitrogens is 2. The summed E-state index contributed by atoms with van der Waals surface area (Å²) in [6.45, 7) is 0.672. The van der Waals surface area contributed by atoms with Gasteiger partial charge < -0.3 is 0 Å². The highest BCUT2D eigenvalue weighted by atomic mass is 32.2. The fourth-order valence-electron chi connectivity index (χ4n) is 1.67. The summed E-state index contributed by atoms with van der Waals surface area (Å²) in [5.41, 5.74) is 1.86. The third-order valence-corrected chi connectivity index (χ3v) is 3.76. The Morgan fingerprint density at radius 3 is 2.87 bits per heavy atom. The topological polar surface area (TPSA) is 83.1 Å². The van der Waals surface area contributed by atoms with Gasteiger partial charge in [0.15, 0.2) is 6.29 Å². The summed E-state index contributed by atoms with van der Waals surface area (Å²) < 4.78 is 24.0. The van der Waals surface area contributed by atoms with Crippen LogP contribution in [0.4, 0.5) is 0 Å². The van der Waals surface area contributed by atoms with E-state index < -0.39 is 10.0 Å². The molecule has 1 aromatic heterocycles. The highest BCUT2D eigenvalue weighted by Gasteiger charge is 2.26. The Kier molecular flexibility index (Phi) is 2.35. The second-order valence-corrected chi connectivity index (χ2v) is 5.51. The molecule has 1 aliphatic rings. The predicted octanol–water partition coefficient (Wildman–Crippen LogP) is -0.460. The molecule has 1 N–H and O–H groups in total. The van der Waals surface area contributed by atoms with Crippen LogP contribution in [-0.4, -0.2) is 42.0 Å². The van der Waals surface area contributed by atoms with Gasteiger partial charge in [-0.2, -0.15) is 9.40 Å². The van der Waals surface area contributed by atoms with E-state index in [0.29, 0.717) is 30.5 Å². The largest absolute Gasteiger partial charge is 0.296 e. The van der Waals surface area contributed by atoms with Crippen LogP contribution in [0.3, 0.4) is 0 Å². The summed E-state index contributed by atoms with van der Waals surface area (Å²) >= 11 is 0. The highest BCUT2D eigenvalue weighted by Crippen LogP contribution is 2.20. The molecule has 1 aliphatic heterocycles. The maximum atomic E-state index is 11.3. The molecule has 2 rings (SSSR count). The van der Waals surface area contributed by atoms with Crippen LogP contribution in [0.5, 0.6) is 0 Å². The third kappa shape index (κ3) is 1.80. The lowest BCUT2D eigenvalue weighted by atomic mass is 10.1. The molecule has 0 spiro atoms. The van der Waals surface area contributed by atoms with Gasteiger partial charge in [-0.05, 0) is 0 Å². The van der Waals surface area contributed by atoms with Crippen molar-refractivity contribution >= 4 is 16.3 Å². The first kappa shape index (κ1) is 10.3. The SMILES string of the molecule is CS(=O)(=O)N1CCc2[nH]nc(C=O)c2C1. The average Bonchev–Trinajstić information content (AvgIpc) is 2.57. The van der Waals surface area contributed by atoms with Gasteiger partial charge in [0.05, 0.1) is 6.26 Å². The van der Waals surface area contributed by atoms with E-state index >= 15 is 0 Å². The number of H-pyrrole nitrogens is 1. The Balaban J connectivity index is 2.36. The molecule has 82 valence electrons. The zero-order valence-electron chi connectivity index (χ0n) is 8.23. The Labute approximate surface area is 87.3 Å². The number of rotatable bonds is 2. The van der Waals surface area contributed by atoms with Gasteiger partial charge >= 0.3 is 0 Å². The van der Waals surface area contributed by atoms with E-state index in [2.05, 4.69) is 10.2 Å². The molecule has 6 nitrogen and oxygen atoms in total. The summed E-state index contributed by atoms with van der Waals surface area (Å²) in [6, 6.07) is 0. The quantitative estimate of drug-likeness (QED) is 0.695. The molecule has 0 amide bonds. The Morgan fingerprint density at radius 2 is 2.27 bits per heavy atom. The molecule has 0 aliphatic carbocycles. The Hall–Kier alpha value is -1.21. The minimum Gasteiger partial charge on any atom is -0.296 e. The number of aldehydes is 1. The summed E-state index contributed by atoms with van der Waals surface area (Å²) in [6.07, 6.45) is 2.38. The molecule has 0 saturated carbocycles. The van der Waals surface area contributed by atoms with Crippen LogP contribution >= 0.6 is 0 Å². The van der Waals surface area contributed by atoms with Crippen molar-refractivity contribution in [2.45, 2.75) is 13.0 Å². The number of carbonyl (C=O) groups excluding carboxylic acids is 1. The summed E-state index contributed by atoms with van der Waals surface area (Å²) in [7, 11) is -3.20. The van der Waals surface area contributed by atoms with Crippen LogP contribution in [0.1, 0.15) is 21.7 Å². The minimum absolute atomic E-state index is 0.235. The van der Waals surface area contributed by atoms with Crippen molar-refractivity contribution in [3.63, 3.8) is 0 Å². The molecule has 15 heavy (non-hydrogen) atoms. The maximum Gasteiger partial charge on any atom is 0.211 e. The number of fused-ring (bicyclic) bond motifs is 1. The number of nitrogens with one attached hydrogen (secondary N) is 1. The summed E-state index contributed by atoms with van der Waals surface area (Å²) in [5, 5.41) is 6.56. The van der Waals surface area contributed by atoms with Crippen LogP contribution in [-0.2, 0) is 23.0 Å². The molecular formula is C8H11N3O3S. The van der Waals surface area contributed by atoms with Gasteiger partial charge in [0.1, 0.15) is 5.69 Å². The molecule has 0 atom stereocenters. The molecule has 0 bridgehead atoms. The smallest absolute Gasteiger partial charge is 0.211 e. The Morgan fingerprint density at radius 1 is 1.53 bits per heavy atom. The van der Waals surface area contributed by atoms with Crippen molar-refractivity contribution in [1.82, 2.24) is 14.5 Å². The van der Waals surface area contributed by atoms with Crippen LogP contribution in [0.2, 0.25) is 0 Å². The number of carbonyl (C=O) groups is 1. The van der Waals surface area contributed by atoms with Gasteiger partial charge in [0.25, 0.3) is 0 Å². The van der Waals surface area contributed by atoms with E-state index in [1.165, 1.54) is 10.6 Å². The lowest BCUT2D eigenvalue weighted by Gasteiger charge is -2.24. The molecule has 7 heteroatoms. The molecule has 0 saturated heterocycles. The van der Waals surface area contributed by atoms with Gasteiger partial charge in [-0.15, -0.1) is 0 Å². The first-order chi connectivity index (χ1) is 7.02. The molecule has 2 heterocycles. The molecule has 0 aromatic carbocycles. The summed E-state index contributed by atoms with van der Waals surface area (Å²) in [5.74, 6) is 0. The zero-order chi connectivity index (χ0) is 11.1. The Bertz CT molecular complexity index is 491. The van der Waals surface area contributed by atoms with Crippen molar-refractivity contribution in [2.75, 3.05) is 12.8 Å². The van der Waals surface area contributed by atoms with Gasteiger partial charge in [-0.1, -0.05) is 0 Å². The van der Waals surface area contributed by atoms with Crippen molar-refractivity contribution in [3.05, 3.63) is 17.0 Å². The standard InChI is InChI=1S/C8H11N3O3S/c1-15(13,14)11-3-2-7-6(4-11)8(5-12)10-9-7/h5H,2-4H2,1H3,(H,9,10). The van der Waals surface area contributed by atoms with Gasteiger partial charge in [-0.25, -0.2) is 8.42 Å². The fourth-order valence-corrected chi connectivity index (χ4v) is 2.46. The molecule has 0 fully saturated rings. The van der Waals surface area contributed by atoms with E-state index in [4.69, 9.17) is 0 Å². The van der Waals surface area contributed by atoms with Crippen LogP contribution in [0.15, 0.2) is 0 Å². The number of aromatic amines is 1. The first-order valence-electron chi connectivity index (χ1n) is 4.49. The molecule has 0 radical (unpaired) electrons. The van der Waals surface area contributed by atoms with Crippen molar-refractivity contribution < 1.29 is 13.2 Å². The second kappa shape index (κ2) is 3.42. The van der Waals surface area contributed by atoms with Gasteiger partial charge in [-0.3, -0.25) is 9.89 Å². The summed E-state index contributed by atoms with van der Waals surface area (Å²) in [4.78, 5) is 10.6. The fraction of sp³-hybridized carbons (Fsp3) is 0.500. The van der Waals surface area contributed by atoms with E-state index in [0.717, 1.165) is 5.69 Å². The van der Waals surface area contributed by atoms with Crippen LogP contribution in [0.25, 0.3) is 0 Å².